The molecule has 5 rings (SSSR count). The van der Waals surface area contributed by atoms with Crippen LogP contribution in [0.15, 0.2) is 36.4 Å². The molecule has 0 saturated carbocycles. The Kier molecular flexibility index (Phi) is 5.87. The molecule has 1 aliphatic heterocycles. The number of piperidine rings is 1. The Morgan fingerprint density at radius 3 is 2.59 bits per heavy atom. The van der Waals surface area contributed by atoms with Crippen LogP contribution in [-0.2, 0) is 18.6 Å². The minimum Gasteiger partial charge on any atom is -0.390 e. The van der Waals surface area contributed by atoms with Crippen LogP contribution in [0.25, 0.3) is 11.3 Å². The predicted molar refractivity (Wildman–Crippen MR) is 133 cm³/mol. The fraction of sp³-hybridized carbons (Fsp3) is 0.346. The third kappa shape index (κ3) is 3.27. The van der Waals surface area contributed by atoms with Crippen LogP contribution in [0.3, 0.4) is 0 Å². The molecule has 34 heavy (non-hydrogen) atoms. The maximum atomic E-state index is 10.4. The van der Waals surface area contributed by atoms with Crippen molar-refractivity contribution in [2.24, 2.45) is 11.1 Å². The van der Waals surface area contributed by atoms with Crippen molar-refractivity contribution >= 4 is 23.2 Å². The van der Waals surface area contributed by atoms with E-state index in [1.807, 2.05) is 25.1 Å². The summed E-state index contributed by atoms with van der Waals surface area (Å²) in [5.41, 5.74) is 11.2. The standard InChI is InChI=1S/C26H25Cl2N5O/c1-15-23(18-6-3-7-19(27)22(18)28)33-20(14-34)24(32-15)26(30)21-16(4-2-5-17(21)13-29)12-25(26)8-10-31-11-9-25/h2-7,31,34H,8-12,14,30H2,1H3/t26-/m0/s1. The number of hydrogen-bond donors (Lipinski definition) is 3. The largest absolute Gasteiger partial charge is 0.390 e. The minimum atomic E-state index is -1.07. The third-order valence-corrected chi connectivity index (χ3v) is 8.28. The highest BCUT2D eigenvalue weighted by Crippen LogP contribution is 2.57. The van der Waals surface area contributed by atoms with Crippen LogP contribution in [0, 0.1) is 23.7 Å². The van der Waals surface area contributed by atoms with E-state index in [2.05, 4.69) is 11.4 Å². The van der Waals surface area contributed by atoms with E-state index in [1.165, 1.54) is 0 Å². The van der Waals surface area contributed by atoms with Gasteiger partial charge in [0.1, 0.15) is 0 Å². The van der Waals surface area contributed by atoms with Crippen molar-refractivity contribution in [3.8, 4) is 17.3 Å². The number of halogens is 2. The summed E-state index contributed by atoms with van der Waals surface area (Å²) in [5.74, 6) is 0. The summed E-state index contributed by atoms with van der Waals surface area (Å²) >= 11 is 12.7. The highest BCUT2D eigenvalue weighted by atomic mass is 35.5. The molecule has 0 amide bonds. The van der Waals surface area contributed by atoms with Gasteiger partial charge in [0, 0.05) is 11.0 Å². The molecule has 1 saturated heterocycles. The smallest absolute Gasteiger partial charge is 0.0995 e. The number of nitriles is 1. The Bertz CT molecular complexity index is 1330. The fourth-order valence-corrected chi connectivity index (χ4v) is 6.23. The SMILES string of the molecule is Cc1nc([C@@]2(N)c3c(C#N)cccc3CC23CCNCC3)c(CO)nc1-c1cccc(Cl)c1Cl. The molecule has 174 valence electrons. The van der Waals surface area contributed by atoms with Gasteiger partial charge in [-0.15, -0.1) is 0 Å². The zero-order valence-electron chi connectivity index (χ0n) is 18.8. The van der Waals surface area contributed by atoms with Gasteiger partial charge < -0.3 is 16.2 Å². The van der Waals surface area contributed by atoms with Gasteiger partial charge in [-0.2, -0.15) is 5.26 Å². The zero-order valence-corrected chi connectivity index (χ0v) is 20.3. The monoisotopic (exact) mass is 493 g/mol. The number of nitrogens with one attached hydrogen (secondary N) is 1. The molecule has 0 unspecified atom stereocenters. The number of benzene rings is 2. The minimum absolute atomic E-state index is 0.339. The van der Waals surface area contributed by atoms with Gasteiger partial charge in [0.05, 0.1) is 56.6 Å². The summed E-state index contributed by atoms with van der Waals surface area (Å²) in [5, 5.41) is 24.6. The first kappa shape index (κ1) is 23.2. The maximum absolute atomic E-state index is 10.4. The van der Waals surface area contributed by atoms with Crippen LogP contribution >= 0.6 is 23.2 Å². The maximum Gasteiger partial charge on any atom is 0.0995 e. The number of nitrogens with zero attached hydrogens (tertiary/aromatic N) is 3. The lowest BCUT2D eigenvalue weighted by Crippen LogP contribution is -2.56. The van der Waals surface area contributed by atoms with Crippen LogP contribution in [0.2, 0.25) is 10.0 Å². The zero-order chi connectivity index (χ0) is 24.1. The van der Waals surface area contributed by atoms with E-state index in [0.717, 1.165) is 43.5 Å². The van der Waals surface area contributed by atoms with Gasteiger partial charge >= 0.3 is 0 Å². The van der Waals surface area contributed by atoms with Gasteiger partial charge in [-0.05, 0) is 62.5 Å². The van der Waals surface area contributed by atoms with Gasteiger partial charge in [0.2, 0.25) is 0 Å². The average Bonchev–Trinajstić information content (AvgIpc) is 3.09. The second-order valence-electron chi connectivity index (χ2n) is 9.18. The summed E-state index contributed by atoms with van der Waals surface area (Å²) in [6.45, 7) is 3.16. The number of hydrogen-bond acceptors (Lipinski definition) is 6. The number of aliphatic hydroxyl groups excluding tert-OH is 1. The average molecular weight is 494 g/mol. The van der Waals surface area contributed by atoms with Crippen molar-refractivity contribution in [1.82, 2.24) is 15.3 Å². The van der Waals surface area contributed by atoms with Crippen molar-refractivity contribution in [2.75, 3.05) is 13.1 Å². The first-order valence-corrected chi connectivity index (χ1v) is 12.1. The van der Waals surface area contributed by atoms with Crippen LogP contribution in [0.4, 0.5) is 0 Å². The summed E-state index contributed by atoms with van der Waals surface area (Å²) in [4.78, 5) is 9.81. The van der Waals surface area contributed by atoms with Gasteiger partial charge in [0.15, 0.2) is 0 Å². The number of aromatic nitrogens is 2. The quantitative estimate of drug-likeness (QED) is 0.503. The molecule has 2 aromatic carbocycles. The molecular formula is C26H25Cl2N5O. The second kappa shape index (κ2) is 8.60. The van der Waals surface area contributed by atoms with Crippen molar-refractivity contribution in [2.45, 2.75) is 38.3 Å². The number of aryl methyl sites for hydroxylation is 1. The number of rotatable bonds is 3. The Hall–Kier alpha value is -2.53. The Balaban J connectivity index is 1.79. The summed E-state index contributed by atoms with van der Waals surface area (Å²) in [6.07, 6.45) is 2.41. The molecule has 0 radical (unpaired) electrons. The first-order chi connectivity index (χ1) is 16.4. The predicted octanol–water partition coefficient (Wildman–Crippen LogP) is 4.25. The number of fused-ring (bicyclic) bond motifs is 1. The van der Waals surface area contributed by atoms with E-state index >= 15 is 0 Å². The summed E-state index contributed by atoms with van der Waals surface area (Å²) in [7, 11) is 0. The highest BCUT2D eigenvalue weighted by Gasteiger charge is 2.59. The number of aliphatic hydroxyl groups is 1. The molecule has 1 fully saturated rings. The van der Waals surface area contributed by atoms with Gasteiger partial charge in [-0.3, -0.25) is 4.98 Å². The van der Waals surface area contributed by atoms with E-state index in [1.54, 1.807) is 18.2 Å². The van der Waals surface area contributed by atoms with E-state index in [4.69, 9.17) is 38.9 Å². The van der Waals surface area contributed by atoms with E-state index in [9.17, 15) is 10.4 Å². The fourth-order valence-electron chi connectivity index (χ4n) is 5.84. The molecular weight excluding hydrogens is 469 g/mol. The van der Waals surface area contributed by atoms with E-state index < -0.39 is 5.54 Å². The van der Waals surface area contributed by atoms with Crippen molar-refractivity contribution in [3.05, 3.63) is 80.2 Å². The molecule has 1 aromatic heterocycles. The van der Waals surface area contributed by atoms with Crippen molar-refractivity contribution in [3.63, 3.8) is 0 Å². The molecule has 1 aliphatic carbocycles. The molecule has 1 atom stereocenters. The molecule has 0 bridgehead atoms. The van der Waals surface area contributed by atoms with Crippen LogP contribution < -0.4 is 11.1 Å². The highest BCUT2D eigenvalue weighted by molar-refractivity contribution is 6.43. The first-order valence-electron chi connectivity index (χ1n) is 11.3. The normalized spacial score (nSPS) is 20.8. The van der Waals surface area contributed by atoms with Crippen molar-refractivity contribution < 1.29 is 5.11 Å². The molecule has 3 aromatic rings. The van der Waals surface area contributed by atoms with Crippen LogP contribution in [-0.4, -0.2) is 28.2 Å². The Labute approximate surface area is 208 Å². The summed E-state index contributed by atoms with van der Waals surface area (Å²) < 4.78 is 0. The van der Waals surface area contributed by atoms with Crippen LogP contribution in [0.1, 0.15) is 46.6 Å². The topological polar surface area (TPSA) is 108 Å². The molecule has 1 spiro atoms. The van der Waals surface area contributed by atoms with Crippen LogP contribution in [0.5, 0.6) is 0 Å². The molecule has 4 N–H and O–H groups in total. The van der Waals surface area contributed by atoms with E-state index in [0.29, 0.717) is 43.9 Å². The summed E-state index contributed by atoms with van der Waals surface area (Å²) in [6, 6.07) is 13.5. The van der Waals surface area contributed by atoms with Gasteiger partial charge in [0.25, 0.3) is 0 Å². The van der Waals surface area contributed by atoms with Gasteiger partial charge in [-0.25, -0.2) is 4.98 Å². The lowest BCUT2D eigenvalue weighted by Gasteiger charge is -2.47. The third-order valence-electron chi connectivity index (χ3n) is 7.46. The Morgan fingerprint density at radius 1 is 1.15 bits per heavy atom. The van der Waals surface area contributed by atoms with Gasteiger partial charge in [-0.1, -0.05) is 47.5 Å². The molecule has 2 heterocycles. The lowest BCUT2D eigenvalue weighted by atomic mass is 9.62. The molecule has 2 aliphatic rings. The molecule has 8 heteroatoms. The second-order valence-corrected chi connectivity index (χ2v) is 9.96. The van der Waals surface area contributed by atoms with E-state index in [-0.39, 0.29) is 12.0 Å². The Morgan fingerprint density at radius 2 is 1.88 bits per heavy atom. The lowest BCUT2D eigenvalue weighted by molar-refractivity contribution is 0.114. The number of nitrogens with two attached hydrogens (primary N) is 1. The molecule has 6 nitrogen and oxygen atoms in total. The van der Waals surface area contributed by atoms with Crippen molar-refractivity contribution in [1.29, 1.82) is 5.26 Å².